The van der Waals surface area contributed by atoms with Crippen molar-refractivity contribution in [2.45, 2.75) is 0 Å². The average Bonchev–Trinajstić information content (AvgIpc) is 2.86. The Morgan fingerprint density at radius 1 is 0.794 bits per heavy atom. The van der Waals surface area contributed by atoms with Crippen LogP contribution in [0.15, 0.2) is 84.4 Å². The van der Waals surface area contributed by atoms with E-state index in [9.17, 15) is 14.4 Å². The molecule has 8 nitrogen and oxygen atoms in total. The topological polar surface area (TPSA) is 94.2 Å². The van der Waals surface area contributed by atoms with Gasteiger partial charge >= 0.3 is 6.03 Å². The van der Waals surface area contributed by atoms with Crippen molar-refractivity contribution >= 4 is 29.6 Å². The molecule has 0 saturated carbocycles. The van der Waals surface area contributed by atoms with Crippen LogP contribution in [0.2, 0.25) is 0 Å². The molecule has 1 N–H and O–H groups in total. The van der Waals surface area contributed by atoms with E-state index in [-0.39, 0.29) is 12.2 Å². The van der Waals surface area contributed by atoms with Gasteiger partial charge in [-0.05, 0) is 48.5 Å². The molecule has 0 aliphatic carbocycles. The Hall–Kier alpha value is -4.59. The van der Waals surface area contributed by atoms with E-state index in [1.54, 1.807) is 48.5 Å². The molecule has 4 rings (SSSR count). The number of anilines is 1. The van der Waals surface area contributed by atoms with Crippen molar-refractivity contribution < 1.29 is 28.6 Å². The number of carbonyl (C=O) groups is 3. The van der Waals surface area contributed by atoms with E-state index in [1.165, 1.54) is 13.2 Å². The molecule has 0 bridgehead atoms. The minimum atomic E-state index is -0.820. The summed E-state index contributed by atoms with van der Waals surface area (Å²) in [5.41, 5.74) is 0.640. The summed E-state index contributed by atoms with van der Waals surface area (Å²) in [6.45, 7) is 0.569. The van der Waals surface area contributed by atoms with Crippen molar-refractivity contribution in [3.63, 3.8) is 0 Å². The number of benzene rings is 3. The van der Waals surface area contributed by atoms with E-state index >= 15 is 0 Å². The number of urea groups is 1. The third kappa shape index (κ3) is 5.07. The van der Waals surface area contributed by atoms with E-state index in [0.717, 1.165) is 10.6 Å². The summed E-state index contributed by atoms with van der Waals surface area (Å²) in [7, 11) is 1.51. The Morgan fingerprint density at radius 2 is 1.47 bits per heavy atom. The molecule has 0 radical (unpaired) electrons. The van der Waals surface area contributed by atoms with Crippen molar-refractivity contribution in [1.82, 2.24) is 5.32 Å². The largest absolute Gasteiger partial charge is 0.497 e. The molecule has 0 atom stereocenters. The Morgan fingerprint density at radius 3 is 2.21 bits per heavy atom. The summed E-state index contributed by atoms with van der Waals surface area (Å²) in [5, 5.41) is 2.21. The van der Waals surface area contributed by atoms with Gasteiger partial charge in [0, 0.05) is 5.56 Å². The van der Waals surface area contributed by atoms with Crippen molar-refractivity contribution in [3.8, 4) is 17.2 Å². The lowest BCUT2D eigenvalue weighted by molar-refractivity contribution is -0.122. The van der Waals surface area contributed by atoms with Gasteiger partial charge in [0.25, 0.3) is 11.8 Å². The summed E-state index contributed by atoms with van der Waals surface area (Å²) < 4.78 is 16.6. The van der Waals surface area contributed by atoms with Gasteiger partial charge in [-0.25, -0.2) is 9.69 Å². The van der Waals surface area contributed by atoms with E-state index in [4.69, 9.17) is 14.2 Å². The van der Waals surface area contributed by atoms with E-state index in [2.05, 4.69) is 5.32 Å². The van der Waals surface area contributed by atoms with Crippen LogP contribution in [-0.4, -0.2) is 38.2 Å². The second kappa shape index (κ2) is 10.4. The third-order valence-electron chi connectivity index (χ3n) is 5.00. The van der Waals surface area contributed by atoms with Crippen molar-refractivity contribution in [2.75, 3.05) is 25.2 Å². The minimum absolute atomic E-state index is 0.188. The smallest absolute Gasteiger partial charge is 0.335 e. The molecular weight excluding hydrogens is 436 g/mol. The summed E-state index contributed by atoms with van der Waals surface area (Å²) in [4.78, 5) is 38.9. The second-order valence-electron chi connectivity index (χ2n) is 7.20. The van der Waals surface area contributed by atoms with Crippen LogP contribution in [0, 0.1) is 0 Å². The molecule has 1 fully saturated rings. The number of barbiturate groups is 1. The van der Waals surface area contributed by atoms with E-state index < -0.39 is 17.8 Å². The van der Waals surface area contributed by atoms with Crippen molar-refractivity contribution in [1.29, 1.82) is 0 Å². The van der Waals surface area contributed by atoms with Crippen LogP contribution in [0.5, 0.6) is 17.2 Å². The zero-order valence-electron chi connectivity index (χ0n) is 18.4. The maximum absolute atomic E-state index is 13.1. The van der Waals surface area contributed by atoms with Crippen LogP contribution < -0.4 is 24.4 Å². The summed E-state index contributed by atoms with van der Waals surface area (Å²) >= 11 is 0. The van der Waals surface area contributed by atoms with Gasteiger partial charge in [-0.2, -0.15) is 0 Å². The van der Waals surface area contributed by atoms with Gasteiger partial charge in [-0.15, -0.1) is 0 Å². The first kappa shape index (κ1) is 22.6. The van der Waals surface area contributed by atoms with Crippen LogP contribution in [-0.2, 0) is 9.59 Å². The normalized spacial score (nSPS) is 14.7. The number of nitrogens with zero attached hydrogens (tertiary/aromatic N) is 1. The van der Waals surface area contributed by atoms with Crippen molar-refractivity contribution in [2.24, 2.45) is 0 Å². The number of ether oxygens (including phenoxy) is 3. The molecule has 3 aromatic carbocycles. The fourth-order valence-electron chi connectivity index (χ4n) is 3.34. The predicted molar refractivity (Wildman–Crippen MR) is 126 cm³/mol. The molecule has 1 aliphatic rings. The number of hydrogen-bond donors (Lipinski definition) is 1. The minimum Gasteiger partial charge on any atom is -0.497 e. The van der Waals surface area contributed by atoms with Crippen LogP contribution >= 0.6 is 0 Å². The molecule has 1 saturated heterocycles. The molecular formula is C26H22N2O6. The Balaban J connectivity index is 1.52. The Bertz CT molecular complexity index is 1220. The Kier molecular flexibility index (Phi) is 6.88. The monoisotopic (exact) mass is 458 g/mol. The fraction of sp³-hybridized carbons (Fsp3) is 0.115. The molecule has 1 aliphatic heterocycles. The molecule has 3 aromatic rings. The highest BCUT2D eigenvalue weighted by Gasteiger charge is 2.37. The number of nitrogens with one attached hydrogen (secondary N) is 1. The summed E-state index contributed by atoms with van der Waals surface area (Å²) in [6.07, 6.45) is 1.41. The zero-order chi connectivity index (χ0) is 23.9. The summed E-state index contributed by atoms with van der Waals surface area (Å²) in [5.74, 6) is 0.264. The molecule has 0 aromatic heterocycles. The molecule has 8 heteroatoms. The number of imide groups is 2. The molecule has 34 heavy (non-hydrogen) atoms. The number of amides is 4. The van der Waals surface area contributed by atoms with Gasteiger partial charge in [0.1, 0.15) is 36.0 Å². The third-order valence-corrected chi connectivity index (χ3v) is 5.00. The fourth-order valence-corrected chi connectivity index (χ4v) is 3.34. The number of rotatable bonds is 8. The average molecular weight is 458 g/mol. The molecule has 0 spiro atoms. The van der Waals surface area contributed by atoms with Crippen LogP contribution in [0.25, 0.3) is 6.08 Å². The van der Waals surface area contributed by atoms with Crippen LogP contribution in [0.3, 0.4) is 0 Å². The highest BCUT2D eigenvalue weighted by Crippen LogP contribution is 2.26. The molecule has 172 valence electrons. The lowest BCUT2D eigenvalue weighted by Gasteiger charge is -2.26. The van der Waals surface area contributed by atoms with Gasteiger partial charge in [-0.1, -0.05) is 36.4 Å². The Labute approximate surface area is 196 Å². The SMILES string of the molecule is COc1ccc(N2C(=O)NC(=O)/C(=C/c3ccccc3OCCOc3ccccc3)C2=O)cc1. The summed E-state index contributed by atoms with van der Waals surface area (Å²) in [6, 6.07) is 21.9. The van der Waals surface area contributed by atoms with Gasteiger partial charge < -0.3 is 14.2 Å². The van der Waals surface area contributed by atoms with Crippen LogP contribution in [0.4, 0.5) is 10.5 Å². The first-order valence-corrected chi connectivity index (χ1v) is 10.5. The molecule has 4 amide bonds. The maximum Gasteiger partial charge on any atom is 0.335 e. The van der Waals surface area contributed by atoms with E-state index in [1.807, 2.05) is 30.3 Å². The van der Waals surface area contributed by atoms with Crippen LogP contribution in [0.1, 0.15) is 5.56 Å². The van der Waals surface area contributed by atoms with Gasteiger partial charge in [0.15, 0.2) is 0 Å². The lowest BCUT2D eigenvalue weighted by atomic mass is 10.1. The first-order valence-electron chi connectivity index (χ1n) is 10.5. The highest BCUT2D eigenvalue weighted by molar-refractivity contribution is 6.39. The second-order valence-corrected chi connectivity index (χ2v) is 7.20. The number of para-hydroxylation sites is 2. The van der Waals surface area contributed by atoms with Crippen molar-refractivity contribution in [3.05, 3.63) is 90.0 Å². The standard InChI is InChI=1S/C26H22N2O6/c1-32-20-13-11-19(12-14-20)28-25(30)22(24(29)27-26(28)31)17-18-7-5-6-10-23(18)34-16-15-33-21-8-3-2-4-9-21/h2-14,17H,15-16H2,1H3,(H,27,29,31)/b22-17-. The zero-order valence-corrected chi connectivity index (χ0v) is 18.4. The first-order chi connectivity index (χ1) is 16.6. The van der Waals surface area contributed by atoms with Gasteiger partial charge in [-0.3, -0.25) is 14.9 Å². The van der Waals surface area contributed by atoms with E-state index in [0.29, 0.717) is 29.4 Å². The lowest BCUT2D eigenvalue weighted by Crippen LogP contribution is -2.54. The van der Waals surface area contributed by atoms with Gasteiger partial charge in [0.05, 0.1) is 12.8 Å². The number of methoxy groups -OCH3 is 1. The predicted octanol–water partition coefficient (Wildman–Crippen LogP) is 3.82. The van der Waals surface area contributed by atoms with Gasteiger partial charge in [0.2, 0.25) is 0 Å². The molecule has 0 unspecified atom stereocenters. The quantitative estimate of drug-likeness (QED) is 0.313. The number of carbonyl (C=O) groups excluding carboxylic acids is 3. The number of hydrogen-bond acceptors (Lipinski definition) is 6. The highest BCUT2D eigenvalue weighted by atomic mass is 16.5. The maximum atomic E-state index is 13.1. The molecule has 1 heterocycles.